The summed E-state index contributed by atoms with van der Waals surface area (Å²) in [4.78, 5) is 40.0. The van der Waals surface area contributed by atoms with Crippen LogP contribution < -0.4 is 5.32 Å². The zero-order valence-corrected chi connectivity index (χ0v) is 14.8. The first kappa shape index (κ1) is 17.2. The lowest BCUT2D eigenvalue weighted by atomic mass is 9.86. The van der Waals surface area contributed by atoms with Gasteiger partial charge >= 0.3 is 0 Å². The SMILES string of the molecule is CC1CCC(N2C[C@H](C(=O)N[C@H]3CCC(=O)N(C)C3)CC2=O)CC1. The molecule has 0 spiro atoms. The highest BCUT2D eigenvalue weighted by Crippen LogP contribution is 2.31. The molecular weight excluding hydrogens is 306 g/mol. The first-order valence-electron chi connectivity index (χ1n) is 9.28. The molecule has 1 N–H and O–H groups in total. The number of rotatable bonds is 3. The fourth-order valence-electron chi connectivity index (χ4n) is 4.26. The number of likely N-dealkylation sites (tertiary alicyclic amines) is 2. The van der Waals surface area contributed by atoms with Crippen LogP contribution >= 0.6 is 0 Å². The number of hydrogen-bond donors (Lipinski definition) is 1. The summed E-state index contributed by atoms with van der Waals surface area (Å²) >= 11 is 0. The second-order valence-corrected chi connectivity index (χ2v) is 7.88. The predicted molar refractivity (Wildman–Crippen MR) is 90.0 cm³/mol. The van der Waals surface area contributed by atoms with Gasteiger partial charge in [-0.25, -0.2) is 0 Å². The highest BCUT2D eigenvalue weighted by atomic mass is 16.2. The molecule has 0 aromatic heterocycles. The van der Waals surface area contributed by atoms with E-state index in [0.717, 1.165) is 18.8 Å². The number of hydrogen-bond acceptors (Lipinski definition) is 3. The van der Waals surface area contributed by atoms with Gasteiger partial charge in [-0.05, 0) is 38.0 Å². The Morgan fingerprint density at radius 2 is 1.75 bits per heavy atom. The first-order chi connectivity index (χ1) is 11.4. The molecule has 6 heteroatoms. The summed E-state index contributed by atoms with van der Waals surface area (Å²) in [7, 11) is 1.77. The molecule has 3 aliphatic rings. The molecule has 0 aromatic rings. The summed E-state index contributed by atoms with van der Waals surface area (Å²) in [5.41, 5.74) is 0. The van der Waals surface area contributed by atoms with E-state index in [1.54, 1.807) is 11.9 Å². The molecule has 2 aliphatic heterocycles. The van der Waals surface area contributed by atoms with Crippen molar-refractivity contribution in [2.75, 3.05) is 20.1 Å². The predicted octanol–water partition coefficient (Wildman–Crippen LogP) is 1.15. The van der Waals surface area contributed by atoms with Gasteiger partial charge in [0, 0.05) is 45.1 Å². The third-order valence-corrected chi connectivity index (χ3v) is 5.93. The highest BCUT2D eigenvalue weighted by Gasteiger charge is 2.39. The molecule has 2 atom stereocenters. The Morgan fingerprint density at radius 1 is 1.04 bits per heavy atom. The molecule has 2 saturated heterocycles. The topological polar surface area (TPSA) is 69.7 Å². The van der Waals surface area contributed by atoms with Crippen molar-refractivity contribution >= 4 is 17.7 Å². The average molecular weight is 335 g/mol. The van der Waals surface area contributed by atoms with Crippen LogP contribution in [0.5, 0.6) is 0 Å². The van der Waals surface area contributed by atoms with Crippen molar-refractivity contribution in [3.05, 3.63) is 0 Å². The number of likely N-dealkylation sites (N-methyl/N-ethyl adjacent to an activating group) is 1. The maximum Gasteiger partial charge on any atom is 0.225 e. The monoisotopic (exact) mass is 335 g/mol. The lowest BCUT2D eigenvalue weighted by molar-refractivity contribution is -0.134. The van der Waals surface area contributed by atoms with Gasteiger partial charge in [-0.3, -0.25) is 14.4 Å². The van der Waals surface area contributed by atoms with Crippen LogP contribution in [0.4, 0.5) is 0 Å². The Bertz CT molecular complexity index is 514. The fourth-order valence-corrected chi connectivity index (χ4v) is 4.26. The van der Waals surface area contributed by atoms with Gasteiger partial charge in [-0.1, -0.05) is 6.92 Å². The molecule has 6 nitrogen and oxygen atoms in total. The van der Waals surface area contributed by atoms with E-state index in [9.17, 15) is 14.4 Å². The van der Waals surface area contributed by atoms with Crippen molar-refractivity contribution in [3.63, 3.8) is 0 Å². The maximum atomic E-state index is 12.5. The van der Waals surface area contributed by atoms with Crippen molar-refractivity contribution in [1.82, 2.24) is 15.1 Å². The van der Waals surface area contributed by atoms with Gasteiger partial charge in [0.25, 0.3) is 0 Å². The molecule has 3 rings (SSSR count). The third-order valence-electron chi connectivity index (χ3n) is 5.93. The van der Waals surface area contributed by atoms with Crippen molar-refractivity contribution in [2.24, 2.45) is 11.8 Å². The molecule has 0 aromatic carbocycles. The summed E-state index contributed by atoms with van der Waals surface area (Å²) in [6, 6.07) is 0.338. The number of piperidine rings is 1. The van der Waals surface area contributed by atoms with Crippen LogP contribution in [0.15, 0.2) is 0 Å². The molecule has 0 unspecified atom stereocenters. The minimum absolute atomic E-state index is 0.0138. The number of nitrogens with zero attached hydrogens (tertiary/aromatic N) is 2. The highest BCUT2D eigenvalue weighted by molar-refractivity contribution is 5.89. The van der Waals surface area contributed by atoms with Crippen LogP contribution in [0, 0.1) is 11.8 Å². The van der Waals surface area contributed by atoms with Crippen LogP contribution in [0.3, 0.4) is 0 Å². The average Bonchev–Trinajstić information content (AvgIpc) is 2.94. The van der Waals surface area contributed by atoms with Crippen LogP contribution in [-0.4, -0.2) is 59.7 Å². The lowest BCUT2D eigenvalue weighted by Crippen LogP contribution is -2.50. The Morgan fingerprint density at radius 3 is 2.42 bits per heavy atom. The van der Waals surface area contributed by atoms with Crippen molar-refractivity contribution in [2.45, 2.75) is 64.0 Å². The van der Waals surface area contributed by atoms with E-state index in [0.29, 0.717) is 38.4 Å². The fraction of sp³-hybridized carbons (Fsp3) is 0.833. The molecule has 1 saturated carbocycles. The zero-order valence-electron chi connectivity index (χ0n) is 14.8. The largest absolute Gasteiger partial charge is 0.351 e. The smallest absolute Gasteiger partial charge is 0.225 e. The van der Waals surface area contributed by atoms with E-state index in [1.165, 1.54) is 12.8 Å². The van der Waals surface area contributed by atoms with E-state index in [1.807, 2.05) is 4.90 Å². The molecule has 0 bridgehead atoms. The van der Waals surface area contributed by atoms with Crippen molar-refractivity contribution in [3.8, 4) is 0 Å². The summed E-state index contributed by atoms with van der Waals surface area (Å²) in [6.07, 6.45) is 5.99. The maximum absolute atomic E-state index is 12.5. The molecule has 3 amide bonds. The Labute approximate surface area is 143 Å². The Kier molecular flexibility index (Phi) is 5.11. The van der Waals surface area contributed by atoms with Gasteiger partial charge in [-0.2, -0.15) is 0 Å². The Balaban J connectivity index is 1.51. The van der Waals surface area contributed by atoms with E-state index in [2.05, 4.69) is 12.2 Å². The summed E-state index contributed by atoms with van der Waals surface area (Å²) in [5.74, 6) is 0.756. The Hall–Kier alpha value is -1.59. The third kappa shape index (κ3) is 3.73. The molecule has 24 heavy (non-hydrogen) atoms. The molecular formula is C18H29N3O3. The number of carbonyl (C=O) groups is 3. The first-order valence-corrected chi connectivity index (χ1v) is 9.28. The summed E-state index contributed by atoms with van der Waals surface area (Å²) in [5, 5.41) is 3.05. The van der Waals surface area contributed by atoms with E-state index < -0.39 is 0 Å². The van der Waals surface area contributed by atoms with Crippen LogP contribution in [-0.2, 0) is 14.4 Å². The van der Waals surface area contributed by atoms with Crippen molar-refractivity contribution in [1.29, 1.82) is 0 Å². The van der Waals surface area contributed by atoms with Gasteiger partial charge in [0.1, 0.15) is 0 Å². The van der Waals surface area contributed by atoms with Gasteiger partial charge in [0.05, 0.1) is 5.92 Å². The van der Waals surface area contributed by atoms with E-state index >= 15 is 0 Å². The normalized spacial score (nSPS) is 34.6. The zero-order chi connectivity index (χ0) is 17.3. The summed E-state index contributed by atoms with van der Waals surface area (Å²) in [6.45, 7) is 3.39. The van der Waals surface area contributed by atoms with Gasteiger partial charge in [0.15, 0.2) is 0 Å². The number of nitrogens with one attached hydrogen (secondary N) is 1. The number of carbonyl (C=O) groups excluding carboxylic acids is 3. The van der Waals surface area contributed by atoms with Crippen LogP contribution in [0.2, 0.25) is 0 Å². The second-order valence-electron chi connectivity index (χ2n) is 7.88. The molecule has 0 radical (unpaired) electrons. The quantitative estimate of drug-likeness (QED) is 0.841. The molecule has 1 aliphatic carbocycles. The van der Waals surface area contributed by atoms with Crippen molar-refractivity contribution < 1.29 is 14.4 Å². The van der Waals surface area contributed by atoms with Gasteiger partial charge in [0.2, 0.25) is 17.7 Å². The molecule has 134 valence electrons. The van der Waals surface area contributed by atoms with E-state index in [4.69, 9.17) is 0 Å². The second kappa shape index (κ2) is 7.11. The van der Waals surface area contributed by atoms with E-state index in [-0.39, 0.29) is 29.7 Å². The number of amides is 3. The minimum Gasteiger partial charge on any atom is -0.351 e. The van der Waals surface area contributed by atoms with Crippen LogP contribution in [0.25, 0.3) is 0 Å². The minimum atomic E-state index is -0.236. The van der Waals surface area contributed by atoms with Gasteiger partial charge in [-0.15, -0.1) is 0 Å². The lowest BCUT2D eigenvalue weighted by Gasteiger charge is -2.34. The van der Waals surface area contributed by atoms with Crippen LogP contribution in [0.1, 0.15) is 51.9 Å². The summed E-state index contributed by atoms with van der Waals surface area (Å²) < 4.78 is 0. The molecule has 3 fully saturated rings. The van der Waals surface area contributed by atoms with Gasteiger partial charge < -0.3 is 15.1 Å². The standard InChI is InChI=1S/C18H29N3O3/c1-12-3-6-15(7-4-12)21-10-13(9-17(21)23)18(24)19-14-5-8-16(22)20(2)11-14/h12-15H,3-11H2,1-2H3,(H,19,24)/t12?,13-,14+,15?/m1/s1. The molecule has 2 heterocycles.